The highest BCUT2D eigenvalue weighted by Crippen LogP contribution is 2.24. The molecule has 0 bridgehead atoms. The maximum atomic E-state index is 5.87. The van der Waals surface area contributed by atoms with E-state index in [2.05, 4.69) is 19.9 Å². The standard InChI is InChI=1S/2C10H11N3S.2CH4/c1-6-3-4-7-8(5-6)12-10(14-2)13-9(7)11;1-6-4-3-5-7-8(6)9(11)13-10(12-7)14-2;;/h2*3-5H,1-2H3,(H2,11,12,13);2*1H4. The minimum Gasteiger partial charge on any atom is -0.383 e. The summed E-state index contributed by atoms with van der Waals surface area (Å²) in [5.74, 6) is 1.12. The van der Waals surface area contributed by atoms with Crippen LogP contribution < -0.4 is 11.5 Å². The lowest BCUT2D eigenvalue weighted by atomic mass is 10.1. The molecule has 6 nitrogen and oxygen atoms in total. The van der Waals surface area contributed by atoms with Gasteiger partial charge in [-0.2, -0.15) is 0 Å². The van der Waals surface area contributed by atoms with Crippen molar-refractivity contribution in [2.75, 3.05) is 24.0 Å². The van der Waals surface area contributed by atoms with E-state index >= 15 is 0 Å². The van der Waals surface area contributed by atoms with E-state index in [1.807, 2.05) is 62.8 Å². The molecule has 0 amide bonds. The Morgan fingerprint density at radius 3 is 1.97 bits per heavy atom. The molecule has 0 unspecified atom stereocenters. The van der Waals surface area contributed by atoms with Crippen LogP contribution in [0.5, 0.6) is 0 Å². The molecule has 2 heterocycles. The number of nitrogens with zero attached hydrogens (tertiary/aromatic N) is 4. The van der Waals surface area contributed by atoms with Gasteiger partial charge < -0.3 is 11.5 Å². The van der Waals surface area contributed by atoms with E-state index in [1.54, 1.807) is 0 Å². The monoisotopic (exact) mass is 442 g/mol. The van der Waals surface area contributed by atoms with Crippen molar-refractivity contribution < 1.29 is 0 Å². The van der Waals surface area contributed by atoms with Gasteiger partial charge >= 0.3 is 0 Å². The van der Waals surface area contributed by atoms with Crippen LogP contribution >= 0.6 is 23.5 Å². The quantitative estimate of drug-likeness (QED) is 0.298. The first kappa shape index (κ1) is 25.5. The molecule has 0 fully saturated rings. The van der Waals surface area contributed by atoms with Crippen LogP contribution in [-0.4, -0.2) is 32.4 Å². The van der Waals surface area contributed by atoms with Gasteiger partial charge in [0.1, 0.15) is 11.6 Å². The highest BCUT2D eigenvalue weighted by atomic mass is 32.2. The molecule has 30 heavy (non-hydrogen) atoms. The molecule has 8 heteroatoms. The topological polar surface area (TPSA) is 104 Å². The van der Waals surface area contributed by atoms with Gasteiger partial charge in [-0.25, -0.2) is 19.9 Å². The Morgan fingerprint density at radius 2 is 1.33 bits per heavy atom. The van der Waals surface area contributed by atoms with E-state index in [1.165, 1.54) is 29.1 Å². The van der Waals surface area contributed by atoms with E-state index in [0.29, 0.717) is 11.6 Å². The molecule has 0 aliphatic heterocycles. The second-order valence-electron chi connectivity index (χ2n) is 6.18. The van der Waals surface area contributed by atoms with Crippen molar-refractivity contribution in [1.82, 2.24) is 19.9 Å². The van der Waals surface area contributed by atoms with E-state index in [4.69, 9.17) is 11.5 Å². The lowest BCUT2D eigenvalue weighted by Gasteiger charge is -2.05. The third kappa shape index (κ3) is 5.52. The summed E-state index contributed by atoms with van der Waals surface area (Å²) in [6.07, 6.45) is 3.88. The molecular weight excluding hydrogens is 412 g/mol. The second kappa shape index (κ2) is 11.0. The van der Waals surface area contributed by atoms with Crippen LogP contribution in [0.15, 0.2) is 46.7 Å². The van der Waals surface area contributed by atoms with Crippen LogP contribution in [0.1, 0.15) is 26.0 Å². The zero-order chi connectivity index (χ0) is 20.3. The Labute approximate surface area is 187 Å². The number of hydrogen-bond donors (Lipinski definition) is 2. The Kier molecular flexibility index (Phi) is 9.32. The fraction of sp³-hybridized carbons (Fsp3) is 0.273. The number of hydrogen-bond acceptors (Lipinski definition) is 8. The Hall–Kier alpha value is -2.58. The summed E-state index contributed by atoms with van der Waals surface area (Å²) in [4.78, 5) is 17.2. The summed E-state index contributed by atoms with van der Waals surface area (Å²) in [6, 6.07) is 12.0. The average molecular weight is 443 g/mol. The Morgan fingerprint density at radius 1 is 0.733 bits per heavy atom. The van der Waals surface area contributed by atoms with Gasteiger partial charge in [0.25, 0.3) is 0 Å². The lowest BCUT2D eigenvalue weighted by Crippen LogP contribution is -1.97. The maximum Gasteiger partial charge on any atom is 0.189 e. The third-order valence-corrected chi connectivity index (χ3v) is 5.26. The fourth-order valence-corrected chi connectivity index (χ4v) is 3.55. The van der Waals surface area contributed by atoms with Crippen LogP contribution in [0, 0.1) is 13.8 Å². The Balaban J connectivity index is 0.000000281. The summed E-state index contributed by atoms with van der Waals surface area (Å²) < 4.78 is 0. The number of fused-ring (bicyclic) bond motifs is 2. The molecule has 4 N–H and O–H groups in total. The first-order valence-corrected chi connectivity index (χ1v) is 11.0. The molecule has 2 aromatic carbocycles. The second-order valence-corrected chi connectivity index (χ2v) is 7.73. The predicted octanol–water partition coefficient (Wildman–Crippen LogP) is 5.76. The molecule has 0 radical (unpaired) electrons. The molecule has 4 rings (SSSR count). The number of benzene rings is 2. The van der Waals surface area contributed by atoms with Crippen molar-refractivity contribution in [3.63, 3.8) is 0 Å². The maximum absolute atomic E-state index is 5.87. The van der Waals surface area contributed by atoms with Crippen LogP contribution in [0.4, 0.5) is 11.6 Å². The van der Waals surface area contributed by atoms with Gasteiger partial charge in [0, 0.05) is 10.8 Å². The number of rotatable bonds is 2. The fourth-order valence-electron chi connectivity index (χ4n) is 2.79. The SMILES string of the molecule is C.C.CSc1nc(N)c2c(C)cccc2n1.CSc1nc(N)c2ccc(C)cc2n1. The minimum atomic E-state index is 0. The first-order valence-electron chi connectivity index (χ1n) is 8.57. The minimum absolute atomic E-state index is 0. The van der Waals surface area contributed by atoms with Gasteiger partial charge in [0.15, 0.2) is 10.3 Å². The van der Waals surface area contributed by atoms with E-state index in [-0.39, 0.29) is 14.9 Å². The summed E-state index contributed by atoms with van der Waals surface area (Å²) in [6.45, 7) is 4.05. The first-order chi connectivity index (χ1) is 13.4. The van der Waals surface area contributed by atoms with Crippen molar-refractivity contribution in [2.24, 2.45) is 0 Å². The average Bonchev–Trinajstić information content (AvgIpc) is 2.67. The summed E-state index contributed by atoms with van der Waals surface area (Å²) >= 11 is 3.00. The molecule has 4 aromatic rings. The number of thioether (sulfide) groups is 2. The van der Waals surface area contributed by atoms with E-state index < -0.39 is 0 Å². The summed E-state index contributed by atoms with van der Waals surface area (Å²) in [7, 11) is 0. The molecule has 160 valence electrons. The third-order valence-electron chi connectivity index (χ3n) is 4.17. The van der Waals surface area contributed by atoms with Crippen molar-refractivity contribution >= 4 is 57.0 Å². The molecule has 0 saturated carbocycles. The van der Waals surface area contributed by atoms with Crippen LogP contribution in [0.3, 0.4) is 0 Å². The largest absolute Gasteiger partial charge is 0.383 e. The zero-order valence-corrected chi connectivity index (χ0v) is 17.9. The van der Waals surface area contributed by atoms with Crippen molar-refractivity contribution in [2.45, 2.75) is 39.0 Å². The number of anilines is 2. The van der Waals surface area contributed by atoms with Gasteiger partial charge in [0.05, 0.1) is 11.0 Å². The summed E-state index contributed by atoms with van der Waals surface area (Å²) in [5.41, 5.74) is 15.8. The van der Waals surface area contributed by atoms with Crippen LogP contribution in [0.25, 0.3) is 21.8 Å². The van der Waals surface area contributed by atoms with Gasteiger partial charge in [-0.1, -0.05) is 56.6 Å². The number of aryl methyl sites for hydroxylation is 2. The molecule has 0 aliphatic rings. The molecule has 0 atom stereocenters. The van der Waals surface area contributed by atoms with Crippen molar-refractivity contribution in [1.29, 1.82) is 0 Å². The molecule has 2 aromatic heterocycles. The van der Waals surface area contributed by atoms with Gasteiger partial charge in [0.2, 0.25) is 0 Å². The molecule has 0 saturated heterocycles. The Bertz CT molecular complexity index is 1140. The smallest absolute Gasteiger partial charge is 0.189 e. The number of nitrogen functional groups attached to an aromatic ring is 2. The van der Waals surface area contributed by atoms with Crippen molar-refractivity contribution in [3.8, 4) is 0 Å². The molecule has 0 aliphatic carbocycles. The lowest BCUT2D eigenvalue weighted by molar-refractivity contribution is 1.01. The van der Waals surface area contributed by atoms with Crippen LogP contribution in [-0.2, 0) is 0 Å². The normalized spacial score (nSPS) is 10.0. The van der Waals surface area contributed by atoms with Gasteiger partial charge in [-0.15, -0.1) is 0 Å². The van der Waals surface area contributed by atoms with E-state index in [0.717, 1.165) is 37.7 Å². The zero-order valence-electron chi connectivity index (χ0n) is 16.2. The van der Waals surface area contributed by atoms with E-state index in [9.17, 15) is 0 Å². The molecule has 0 spiro atoms. The van der Waals surface area contributed by atoms with Crippen molar-refractivity contribution in [3.05, 3.63) is 47.5 Å². The number of aromatic nitrogens is 4. The van der Waals surface area contributed by atoms with Gasteiger partial charge in [-0.3, -0.25) is 0 Å². The van der Waals surface area contributed by atoms with Gasteiger partial charge in [-0.05, 0) is 55.7 Å². The molecular formula is C22H30N6S2. The van der Waals surface area contributed by atoms with Crippen LogP contribution in [0.2, 0.25) is 0 Å². The highest BCUT2D eigenvalue weighted by molar-refractivity contribution is 7.98. The predicted molar refractivity (Wildman–Crippen MR) is 134 cm³/mol. The summed E-state index contributed by atoms with van der Waals surface area (Å²) in [5, 5.41) is 3.33. The highest BCUT2D eigenvalue weighted by Gasteiger charge is 2.06. The number of nitrogens with two attached hydrogens (primary N) is 2.